The minimum absolute atomic E-state index is 0.624. The monoisotopic (exact) mass is 765 g/mol. The van der Waals surface area contributed by atoms with Gasteiger partial charge in [-0.15, -0.1) is 0 Å². The molecule has 0 saturated carbocycles. The summed E-state index contributed by atoms with van der Waals surface area (Å²) in [5, 5.41) is 0.624. The summed E-state index contributed by atoms with van der Waals surface area (Å²) in [4.78, 5) is 6.78. The maximum absolute atomic E-state index is 7.75. The predicted octanol–water partition coefficient (Wildman–Crippen LogP) is 16.1. The Bertz CT molecular complexity index is 2580. The van der Waals surface area contributed by atoms with Gasteiger partial charge in [0.05, 0.1) is 16.4 Å². The van der Waals surface area contributed by atoms with Gasteiger partial charge in [-0.2, -0.15) is 0 Å². The van der Waals surface area contributed by atoms with Gasteiger partial charge in [0, 0.05) is 39.8 Å². The smallest absolute Gasteiger partial charge is 0.0887 e. The lowest BCUT2D eigenvalue weighted by Gasteiger charge is -2.32. The van der Waals surface area contributed by atoms with Crippen LogP contribution in [0.2, 0.25) is 5.02 Å². The second-order valence-electron chi connectivity index (χ2n) is 14.0. The van der Waals surface area contributed by atoms with Crippen molar-refractivity contribution in [2.24, 2.45) is 0 Å². The fraction of sp³-hybridized carbons (Fsp3) is 0. The summed E-state index contributed by atoms with van der Waals surface area (Å²) in [5.74, 6) is 0. The minimum Gasteiger partial charge on any atom is -0.310 e. The average molecular weight is 766 g/mol. The third kappa shape index (κ3) is 7.60. The van der Waals surface area contributed by atoms with Crippen LogP contribution in [0, 0.1) is 0 Å². The second-order valence-corrected chi connectivity index (χ2v) is 14.3. The van der Waals surface area contributed by atoms with Crippen LogP contribution in [0.1, 0.15) is 0 Å². The van der Waals surface area contributed by atoms with Crippen molar-refractivity contribution in [1.82, 2.24) is 0 Å². The molecule has 0 bridgehead atoms. The first-order chi connectivity index (χ1) is 28.7. The third-order valence-corrected chi connectivity index (χ3v) is 10.7. The zero-order valence-corrected chi connectivity index (χ0v) is 32.6. The van der Waals surface area contributed by atoms with Crippen molar-refractivity contribution in [1.29, 1.82) is 0 Å². The summed E-state index contributed by atoms with van der Waals surface area (Å²) in [5.41, 5.74) is 13.5. The van der Waals surface area contributed by atoms with Gasteiger partial charge in [0.25, 0.3) is 0 Å². The number of benzene rings is 9. The average Bonchev–Trinajstić information content (AvgIpc) is 3.30. The van der Waals surface area contributed by atoms with Gasteiger partial charge in [-0.1, -0.05) is 163 Å². The Kier molecular flexibility index (Phi) is 10.5. The van der Waals surface area contributed by atoms with E-state index in [0.29, 0.717) is 5.02 Å². The lowest BCUT2D eigenvalue weighted by Crippen LogP contribution is -2.15. The zero-order chi connectivity index (χ0) is 39.1. The van der Waals surface area contributed by atoms with E-state index in [1.165, 1.54) is 11.1 Å². The van der Waals surface area contributed by atoms with Gasteiger partial charge in [0.15, 0.2) is 0 Å². The van der Waals surface area contributed by atoms with Gasteiger partial charge in [0.1, 0.15) is 0 Å². The fourth-order valence-corrected chi connectivity index (χ4v) is 7.82. The van der Waals surface area contributed by atoms with Gasteiger partial charge in [-0.05, 0) is 113 Å². The van der Waals surface area contributed by atoms with E-state index in [4.69, 9.17) is 11.6 Å². The zero-order valence-electron chi connectivity index (χ0n) is 31.8. The highest BCUT2D eigenvalue weighted by Gasteiger charge is 2.23. The van der Waals surface area contributed by atoms with Crippen molar-refractivity contribution in [3.8, 4) is 22.3 Å². The van der Waals surface area contributed by atoms with Crippen molar-refractivity contribution in [2.45, 2.75) is 0 Å². The summed E-state index contributed by atoms with van der Waals surface area (Å²) < 4.78 is 0. The molecule has 0 radical (unpaired) electrons. The molecule has 0 unspecified atom stereocenters. The Morgan fingerprint density at radius 2 is 0.500 bits per heavy atom. The Hall–Kier alpha value is -7.33. The summed E-state index contributed by atoms with van der Waals surface area (Å²) in [6.45, 7) is 0. The molecule has 0 aromatic heterocycles. The van der Waals surface area contributed by atoms with E-state index in [1.54, 1.807) is 0 Å². The molecule has 9 aromatic carbocycles. The molecule has 0 aliphatic heterocycles. The molecule has 0 fully saturated rings. The first-order valence-electron chi connectivity index (χ1n) is 19.5. The number of hydrogen-bond acceptors (Lipinski definition) is 3. The van der Waals surface area contributed by atoms with Gasteiger partial charge in [-0.25, -0.2) is 0 Å². The summed E-state index contributed by atoms with van der Waals surface area (Å²) >= 11 is 7.75. The lowest BCUT2D eigenvalue weighted by atomic mass is 10.0. The molecular formula is C54H40ClN3. The number of hydrogen-bond donors (Lipinski definition) is 0. The molecule has 0 N–H and O–H groups in total. The van der Waals surface area contributed by atoms with Crippen LogP contribution in [0.15, 0.2) is 243 Å². The third-order valence-electron chi connectivity index (χ3n) is 10.3. The predicted molar refractivity (Wildman–Crippen MR) is 246 cm³/mol. The van der Waals surface area contributed by atoms with Crippen LogP contribution >= 0.6 is 11.6 Å². The molecule has 278 valence electrons. The molecule has 0 amide bonds. The van der Waals surface area contributed by atoms with Gasteiger partial charge in [0.2, 0.25) is 0 Å². The second kappa shape index (κ2) is 16.8. The van der Waals surface area contributed by atoms with Crippen LogP contribution < -0.4 is 14.7 Å². The highest BCUT2D eigenvalue weighted by Crippen LogP contribution is 2.48. The molecule has 0 aliphatic carbocycles. The van der Waals surface area contributed by atoms with Crippen LogP contribution in [0.3, 0.4) is 0 Å². The van der Waals surface area contributed by atoms with Crippen molar-refractivity contribution in [3.05, 3.63) is 248 Å². The topological polar surface area (TPSA) is 9.72 Å². The van der Waals surface area contributed by atoms with Crippen LogP contribution in [0.4, 0.5) is 51.2 Å². The molecule has 0 atom stereocenters. The van der Waals surface area contributed by atoms with Crippen molar-refractivity contribution < 1.29 is 0 Å². The molecule has 0 aliphatic rings. The Morgan fingerprint density at radius 1 is 0.224 bits per heavy atom. The largest absolute Gasteiger partial charge is 0.310 e. The number of para-hydroxylation sites is 3. The Balaban J connectivity index is 1.18. The highest BCUT2D eigenvalue weighted by molar-refractivity contribution is 6.36. The van der Waals surface area contributed by atoms with Crippen LogP contribution in [0.25, 0.3) is 22.3 Å². The van der Waals surface area contributed by atoms with Crippen LogP contribution in [-0.2, 0) is 0 Å². The quantitative estimate of drug-likeness (QED) is 0.130. The van der Waals surface area contributed by atoms with E-state index in [1.807, 2.05) is 30.3 Å². The number of rotatable bonds is 11. The molecule has 9 rings (SSSR count). The van der Waals surface area contributed by atoms with Crippen molar-refractivity contribution in [3.63, 3.8) is 0 Å². The standard InChI is InChI=1S/C54H40ClN3/c55-54-52(57(48-36-32-43(33-37-48)41-18-6-1-7-19-41)49-38-34-44(35-39-49)42-20-8-2-9-21-42)30-17-31-53(54)58(47-26-14-5-15-27-47)51-29-16-28-50(40-51)56(45-22-10-3-11-23-45)46-24-12-4-13-25-46/h1-40H. The number of nitrogens with zero attached hydrogens (tertiary/aromatic N) is 3. The van der Waals surface area contributed by atoms with E-state index in [2.05, 4.69) is 227 Å². The highest BCUT2D eigenvalue weighted by atomic mass is 35.5. The molecule has 4 heteroatoms. The van der Waals surface area contributed by atoms with E-state index >= 15 is 0 Å². The van der Waals surface area contributed by atoms with Crippen molar-refractivity contribution >= 4 is 62.8 Å². The SMILES string of the molecule is Clc1c(N(c2ccc(-c3ccccc3)cc2)c2ccc(-c3ccccc3)cc2)cccc1N(c1ccccc1)c1cccc(N(c2ccccc2)c2ccccc2)c1. The van der Waals surface area contributed by atoms with E-state index in [9.17, 15) is 0 Å². The first kappa shape index (κ1) is 36.3. The van der Waals surface area contributed by atoms with Gasteiger partial charge in [-0.3, -0.25) is 0 Å². The van der Waals surface area contributed by atoms with Gasteiger partial charge >= 0.3 is 0 Å². The fourth-order valence-electron chi connectivity index (χ4n) is 7.52. The molecule has 0 saturated heterocycles. The van der Waals surface area contributed by atoms with Gasteiger partial charge < -0.3 is 14.7 Å². The number of halogens is 1. The molecule has 3 nitrogen and oxygen atoms in total. The summed E-state index contributed by atoms with van der Waals surface area (Å²) in [6, 6.07) is 84.8. The van der Waals surface area contributed by atoms with E-state index < -0.39 is 0 Å². The number of anilines is 9. The van der Waals surface area contributed by atoms with Crippen LogP contribution in [0.5, 0.6) is 0 Å². The van der Waals surface area contributed by atoms with Crippen molar-refractivity contribution in [2.75, 3.05) is 14.7 Å². The maximum atomic E-state index is 7.75. The molecular weight excluding hydrogens is 726 g/mol. The first-order valence-corrected chi connectivity index (χ1v) is 19.8. The Morgan fingerprint density at radius 3 is 0.914 bits per heavy atom. The lowest BCUT2D eigenvalue weighted by molar-refractivity contribution is 1.24. The molecule has 9 aromatic rings. The normalized spacial score (nSPS) is 10.8. The maximum Gasteiger partial charge on any atom is 0.0887 e. The summed E-state index contributed by atoms with van der Waals surface area (Å²) in [6.07, 6.45) is 0. The minimum atomic E-state index is 0.624. The molecule has 0 spiro atoms. The Labute approximate surface area is 345 Å². The van der Waals surface area contributed by atoms with E-state index in [-0.39, 0.29) is 0 Å². The van der Waals surface area contributed by atoms with E-state index in [0.717, 1.165) is 62.3 Å². The molecule has 0 heterocycles. The van der Waals surface area contributed by atoms with Crippen LogP contribution in [-0.4, -0.2) is 0 Å². The molecule has 58 heavy (non-hydrogen) atoms. The summed E-state index contributed by atoms with van der Waals surface area (Å²) in [7, 11) is 0.